The molecule has 150 valence electrons. The predicted molar refractivity (Wildman–Crippen MR) is 110 cm³/mol. The smallest absolute Gasteiger partial charge is 0.326 e. The SMILES string of the molecule is CC[C@H](C)[C@@H](NC(=O)Cn1nc(-c2cccc3ccccc23)ccc1=O)C(=O)O. The summed E-state index contributed by atoms with van der Waals surface area (Å²) in [4.78, 5) is 36.0. The van der Waals surface area contributed by atoms with E-state index in [2.05, 4.69) is 10.4 Å². The summed E-state index contributed by atoms with van der Waals surface area (Å²) in [6.07, 6.45) is 0.603. The Labute approximate surface area is 168 Å². The van der Waals surface area contributed by atoms with Gasteiger partial charge in [0.2, 0.25) is 5.91 Å². The van der Waals surface area contributed by atoms with Crippen LogP contribution in [0, 0.1) is 5.92 Å². The molecule has 0 bridgehead atoms. The van der Waals surface area contributed by atoms with Gasteiger partial charge >= 0.3 is 5.97 Å². The Morgan fingerprint density at radius 1 is 1.10 bits per heavy atom. The summed E-state index contributed by atoms with van der Waals surface area (Å²) < 4.78 is 1.06. The third-order valence-corrected chi connectivity index (χ3v) is 5.02. The van der Waals surface area contributed by atoms with Crippen molar-refractivity contribution in [3.8, 4) is 11.3 Å². The van der Waals surface area contributed by atoms with Gasteiger partial charge in [-0.15, -0.1) is 0 Å². The molecule has 0 aliphatic rings. The zero-order chi connectivity index (χ0) is 21.0. The number of nitrogens with one attached hydrogen (secondary N) is 1. The van der Waals surface area contributed by atoms with Gasteiger partial charge < -0.3 is 10.4 Å². The Morgan fingerprint density at radius 3 is 2.55 bits per heavy atom. The second kappa shape index (κ2) is 8.68. The van der Waals surface area contributed by atoms with Crippen molar-refractivity contribution in [2.24, 2.45) is 5.92 Å². The van der Waals surface area contributed by atoms with Crippen LogP contribution in [0.2, 0.25) is 0 Å². The van der Waals surface area contributed by atoms with Gasteiger partial charge in [-0.3, -0.25) is 9.59 Å². The first kappa shape index (κ1) is 20.3. The molecule has 3 aromatic rings. The zero-order valence-corrected chi connectivity index (χ0v) is 16.3. The number of carbonyl (C=O) groups excluding carboxylic acids is 1. The van der Waals surface area contributed by atoms with Gasteiger partial charge in [-0.1, -0.05) is 62.7 Å². The number of carbonyl (C=O) groups is 2. The first-order valence-electron chi connectivity index (χ1n) is 9.49. The number of nitrogens with zero attached hydrogens (tertiary/aromatic N) is 2. The molecule has 0 saturated carbocycles. The highest BCUT2D eigenvalue weighted by molar-refractivity contribution is 5.95. The monoisotopic (exact) mass is 393 g/mol. The molecule has 1 amide bonds. The first-order chi connectivity index (χ1) is 13.9. The molecule has 0 aliphatic heterocycles. The molecule has 0 saturated heterocycles. The normalized spacial score (nSPS) is 13.0. The molecule has 1 heterocycles. The summed E-state index contributed by atoms with van der Waals surface area (Å²) >= 11 is 0. The largest absolute Gasteiger partial charge is 0.480 e. The van der Waals surface area contributed by atoms with Crippen molar-refractivity contribution in [2.45, 2.75) is 32.9 Å². The van der Waals surface area contributed by atoms with Gasteiger partial charge in [-0.25, -0.2) is 9.48 Å². The van der Waals surface area contributed by atoms with Crippen molar-refractivity contribution in [2.75, 3.05) is 0 Å². The van der Waals surface area contributed by atoms with Gasteiger partial charge in [-0.05, 0) is 22.8 Å². The topological polar surface area (TPSA) is 101 Å². The van der Waals surface area contributed by atoms with Crippen LogP contribution in [-0.2, 0) is 16.1 Å². The van der Waals surface area contributed by atoms with Crippen molar-refractivity contribution >= 4 is 22.6 Å². The van der Waals surface area contributed by atoms with Gasteiger partial charge in [0.05, 0.1) is 5.69 Å². The number of aromatic nitrogens is 2. The fourth-order valence-electron chi connectivity index (χ4n) is 3.19. The van der Waals surface area contributed by atoms with Crippen LogP contribution >= 0.6 is 0 Å². The minimum atomic E-state index is -1.10. The molecule has 0 aliphatic carbocycles. The summed E-state index contributed by atoms with van der Waals surface area (Å²) in [6, 6.07) is 15.6. The standard InChI is InChI=1S/C22H23N3O4/c1-3-14(2)21(22(28)29)23-19(26)13-25-20(27)12-11-18(24-25)17-10-6-8-15-7-4-5-9-16(15)17/h4-12,14,21H,3,13H2,1-2H3,(H,23,26)(H,28,29)/t14-,21+/m0/s1. The van der Waals surface area contributed by atoms with Crippen LogP contribution in [0.4, 0.5) is 0 Å². The molecule has 7 heteroatoms. The molecular weight excluding hydrogens is 370 g/mol. The minimum Gasteiger partial charge on any atom is -0.480 e. The number of carboxylic acid groups (broad SMARTS) is 1. The summed E-state index contributed by atoms with van der Waals surface area (Å²) in [5.74, 6) is -1.90. The van der Waals surface area contributed by atoms with E-state index in [4.69, 9.17) is 0 Å². The number of carboxylic acids is 1. The quantitative estimate of drug-likeness (QED) is 0.643. The Morgan fingerprint density at radius 2 is 1.83 bits per heavy atom. The van der Waals surface area contributed by atoms with Crippen molar-refractivity contribution in [1.82, 2.24) is 15.1 Å². The van der Waals surface area contributed by atoms with Crippen LogP contribution < -0.4 is 10.9 Å². The lowest BCUT2D eigenvalue weighted by atomic mass is 9.99. The van der Waals surface area contributed by atoms with E-state index in [0.29, 0.717) is 12.1 Å². The van der Waals surface area contributed by atoms with Crippen molar-refractivity contribution in [3.05, 3.63) is 65.0 Å². The fraction of sp³-hybridized carbons (Fsp3) is 0.273. The van der Waals surface area contributed by atoms with Crippen LogP contribution in [-0.4, -0.2) is 32.8 Å². The van der Waals surface area contributed by atoms with E-state index < -0.39 is 23.5 Å². The summed E-state index contributed by atoms with van der Waals surface area (Å²) in [5.41, 5.74) is 0.978. The highest BCUT2D eigenvalue weighted by Gasteiger charge is 2.25. The molecule has 2 aromatic carbocycles. The van der Waals surface area contributed by atoms with E-state index in [9.17, 15) is 19.5 Å². The Balaban J connectivity index is 1.89. The van der Waals surface area contributed by atoms with E-state index in [-0.39, 0.29) is 12.5 Å². The second-order valence-electron chi connectivity index (χ2n) is 7.01. The lowest BCUT2D eigenvalue weighted by molar-refractivity contribution is -0.143. The third-order valence-electron chi connectivity index (χ3n) is 5.02. The molecule has 0 spiro atoms. The number of hydrogen-bond donors (Lipinski definition) is 2. The van der Waals surface area contributed by atoms with Crippen molar-refractivity contribution in [3.63, 3.8) is 0 Å². The van der Waals surface area contributed by atoms with Gasteiger partial charge in [0.15, 0.2) is 0 Å². The van der Waals surface area contributed by atoms with Crippen molar-refractivity contribution < 1.29 is 14.7 Å². The van der Waals surface area contributed by atoms with Gasteiger partial charge in [0.1, 0.15) is 12.6 Å². The Bertz CT molecular complexity index is 1100. The Kier molecular flexibility index (Phi) is 6.07. The number of benzene rings is 2. The molecule has 29 heavy (non-hydrogen) atoms. The van der Waals surface area contributed by atoms with Gasteiger partial charge in [-0.2, -0.15) is 5.10 Å². The highest BCUT2D eigenvalue weighted by Crippen LogP contribution is 2.26. The molecule has 1 aromatic heterocycles. The summed E-state index contributed by atoms with van der Waals surface area (Å²) in [7, 11) is 0. The van der Waals surface area contributed by atoms with E-state index >= 15 is 0 Å². The van der Waals surface area contributed by atoms with Crippen molar-refractivity contribution in [1.29, 1.82) is 0 Å². The Hall–Kier alpha value is -3.48. The second-order valence-corrected chi connectivity index (χ2v) is 7.01. The predicted octanol–water partition coefficient (Wildman–Crippen LogP) is 2.68. The maximum Gasteiger partial charge on any atom is 0.326 e. The third kappa shape index (κ3) is 4.51. The lowest BCUT2D eigenvalue weighted by Crippen LogP contribution is -2.47. The molecule has 0 unspecified atom stereocenters. The molecular formula is C22H23N3O4. The van der Waals surface area contributed by atoms with Crippen LogP contribution in [0.25, 0.3) is 22.0 Å². The highest BCUT2D eigenvalue weighted by atomic mass is 16.4. The first-order valence-corrected chi connectivity index (χ1v) is 9.49. The molecule has 2 N–H and O–H groups in total. The number of hydrogen-bond acceptors (Lipinski definition) is 4. The molecule has 3 rings (SSSR count). The van der Waals surface area contributed by atoms with E-state index in [1.54, 1.807) is 13.0 Å². The maximum absolute atomic E-state index is 12.4. The summed E-state index contributed by atoms with van der Waals surface area (Å²) in [6.45, 7) is 3.26. The van der Waals surface area contributed by atoms with Gasteiger partial charge in [0.25, 0.3) is 5.56 Å². The number of amides is 1. The van der Waals surface area contributed by atoms with E-state index in [1.807, 2.05) is 49.4 Å². The maximum atomic E-state index is 12.4. The van der Waals surface area contributed by atoms with E-state index in [0.717, 1.165) is 21.0 Å². The fourth-order valence-corrected chi connectivity index (χ4v) is 3.19. The number of rotatable bonds is 7. The van der Waals surface area contributed by atoms with Crippen LogP contribution in [0.1, 0.15) is 20.3 Å². The van der Waals surface area contributed by atoms with E-state index in [1.165, 1.54) is 6.07 Å². The summed E-state index contributed by atoms with van der Waals surface area (Å²) in [5, 5.41) is 18.2. The average Bonchev–Trinajstić information content (AvgIpc) is 2.72. The lowest BCUT2D eigenvalue weighted by Gasteiger charge is -2.20. The number of fused-ring (bicyclic) bond motifs is 1. The van der Waals surface area contributed by atoms with Crippen LogP contribution in [0.5, 0.6) is 0 Å². The van der Waals surface area contributed by atoms with Gasteiger partial charge in [0, 0.05) is 11.6 Å². The van der Waals surface area contributed by atoms with Crippen LogP contribution in [0.15, 0.2) is 59.4 Å². The number of aliphatic carboxylic acids is 1. The average molecular weight is 393 g/mol. The molecule has 0 radical (unpaired) electrons. The molecule has 7 nitrogen and oxygen atoms in total. The molecule has 2 atom stereocenters. The molecule has 0 fully saturated rings. The van der Waals surface area contributed by atoms with Crippen LogP contribution in [0.3, 0.4) is 0 Å². The zero-order valence-electron chi connectivity index (χ0n) is 16.3. The minimum absolute atomic E-state index is 0.233.